The molecule has 0 fully saturated rings. The van der Waals surface area contributed by atoms with Gasteiger partial charge in [-0.25, -0.2) is 0 Å². The molecule has 18 heavy (non-hydrogen) atoms. The Morgan fingerprint density at radius 2 is 2.11 bits per heavy atom. The molecule has 1 aliphatic rings. The minimum absolute atomic E-state index is 0.107. The van der Waals surface area contributed by atoms with E-state index in [9.17, 15) is 4.79 Å². The van der Waals surface area contributed by atoms with Crippen molar-refractivity contribution in [2.75, 3.05) is 6.61 Å². The molecule has 92 valence electrons. The topological polar surface area (TPSA) is 26.3 Å². The zero-order chi connectivity index (χ0) is 12.5. The maximum absolute atomic E-state index is 12.5. The molecule has 0 aliphatic carbocycles. The van der Waals surface area contributed by atoms with Crippen LogP contribution in [-0.2, 0) is 0 Å². The number of hydrogen-bond donors (Lipinski definition) is 0. The van der Waals surface area contributed by atoms with Gasteiger partial charge in [-0.15, -0.1) is 11.3 Å². The lowest BCUT2D eigenvalue weighted by molar-refractivity contribution is 0.0937. The monoisotopic (exact) mass is 278 g/mol. The average molecular weight is 279 g/mol. The van der Waals surface area contributed by atoms with Crippen molar-refractivity contribution in [1.82, 2.24) is 0 Å². The maximum Gasteiger partial charge on any atom is 0.180 e. The SMILES string of the molecule is O=C(c1ccc(Cl)s1)C1CCOc2ccccc21. The van der Waals surface area contributed by atoms with Gasteiger partial charge in [-0.05, 0) is 24.6 Å². The third kappa shape index (κ3) is 2.04. The van der Waals surface area contributed by atoms with Crippen molar-refractivity contribution < 1.29 is 9.53 Å². The zero-order valence-electron chi connectivity index (χ0n) is 9.56. The summed E-state index contributed by atoms with van der Waals surface area (Å²) in [6.45, 7) is 0.590. The second-order valence-corrected chi connectivity index (χ2v) is 5.91. The van der Waals surface area contributed by atoms with Crippen LogP contribution in [0.5, 0.6) is 5.75 Å². The van der Waals surface area contributed by atoms with Crippen molar-refractivity contribution in [2.24, 2.45) is 0 Å². The summed E-state index contributed by atoms with van der Waals surface area (Å²) in [7, 11) is 0. The summed E-state index contributed by atoms with van der Waals surface area (Å²) in [5.41, 5.74) is 0.985. The van der Waals surface area contributed by atoms with Crippen molar-refractivity contribution >= 4 is 28.7 Å². The molecule has 1 aromatic carbocycles. The number of halogens is 1. The molecule has 0 saturated carbocycles. The molecule has 4 heteroatoms. The smallest absolute Gasteiger partial charge is 0.180 e. The standard InChI is InChI=1S/C14H11ClO2S/c15-13-6-5-12(18-13)14(16)10-7-8-17-11-4-2-1-3-9(10)11/h1-6,10H,7-8H2. The van der Waals surface area contributed by atoms with E-state index in [4.69, 9.17) is 16.3 Å². The van der Waals surface area contributed by atoms with Crippen LogP contribution in [0.25, 0.3) is 0 Å². The number of benzene rings is 1. The molecule has 0 amide bonds. The lowest BCUT2D eigenvalue weighted by Gasteiger charge is -2.24. The van der Waals surface area contributed by atoms with E-state index >= 15 is 0 Å². The highest BCUT2D eigenvalue weighted by Crippen LogP contribution is 2.37. The van der Waals surface area contributed by atoms with E-state index in [2.05, 4.69) is 0 Å². The van der Waals surface area contributed by atoms with Crippen molar-refractivity contribution in [3.63, 3.8) is 0 Å². The largest absolute Gasteiger partial charge is 0.493 e. The number of thiophene rings is 1. The third-order valence-electron chi connectivity index (χ3n) is 3.09. The number of fused-ring (bicyclic) bond motifs is 1. The Labute approximate surface area is 114 Å². The van der Waals surface area contributed by atoms with Crippen LogP contribution in [0.1, 0.15) is 27.6 Å². The van der Waals surface area contributed by atoms with E-state index in [1.807, 2.05) is 24.3 Å². The summed E-state index contributed by atoms with van der Waals surface area (Å²) >= 11 is 7.22. The van der Waals surface area contributed by atoms with Crippen LogP contribution >= 0.6 is 22.9 Å². The first-order valence-corrected chi connectivity index (χ1v) is 6.96. The van der Waals surface area contributed by atoms with E-state index in [1.54, 1.807) is 12.1 Å². The van der Waals surface area contributed by atoms with Crippen LogP contribution in [0.15, 0.2) is 36.4 Å². The summed E-state index contributed by atoms with van der Waals surface area (Å²) in [5.74, 6) is 0.858. The van der Waals surface area contributed by atoms with Gasteiger partial charge in [0.1, 0.15) is 5.75 Å². The van der Waals surface area contributed by atoms with Gasteiger partial charge in [0.2, 0.25) is 0 Å². The van der Waals surface area contributed by atoms with Gasteiger partial charge in [-0.3, -0.25) is 4.79 Å². The van der Waals surface area contributed by atoms with Crippen molar-refractivity contribution in [3.05, 3.63) is 51.2 Å². The fraction of sp³-hybridized carbons (Fsp3) is 0.214. The first kappa shape index (κ1) is 11.8. The lowest BCUT2D eigenvalue weighted by Crippen LogP contribution is -2.20. The van der Waals surface area contributed by atoms with Crippen LogP contribution in [0.2, 0.25) is 4.34 Å². The fourth-order valence-electron chi connectivity index (χ4n) is 2.23. The van der Waals surface area contributed by atoms with Crippen LogP contribution in [0.4, 0.5) is 0 Å². The van der Waals surface area contributed by atoms with Crippen LogP contribution < -0.4 is 4.74 Å². The minimum atomic E-state index is -0.107. The molecule has 0 saturated heterocycles. The van der Waals surface area contributed by atoms with Gasteiger partial charge in [0.25, 0.3) is 0 Å². The van der Waals surface area contributed by atoms with Gasteiger partial charge in [0.15, 0.2) is 5.78 Å². The Hall–Kier alpha value is -1.32. The fourth-order valence-corrected chi connectivity index (χ4v) is 3.27. The number of carbonyl (C=O) groups excluding carboxylic acids is 1. The summed E-state index contributed by atoms with van der Waals surface area (Å²) in [5, 5.41) is 0. The van der Waals surface area contributed by atoms with Gasteiger partial charge in [0, 0.05) is 5.56 Å². The van der Waals surface area contributed by atoms with E-state index in [-0.39, 0.29) is 11.7 Å². The molecule has 3 rings (SSSR count). The number of ether oxygens (including phenoxy) is 1. The molecule has 0 spiro atoms. The summed E-state index contributed by atoms with van der Waals surface area (Å²) < 4.78 is 6.22. The average Bonchev–Trinajstić information content (AvgIpc) is 2.84. The lowest BCUT2D eigenvalue weighted by atomic mass is 9.89. The second-order valence-electron chi connectivity index (χ2n) is 4.20. The number of hydrogen-bond acceptors (Lipinski definition) is 3. The zero-order valence-corrected chi connectivity index (χ0v) is 11.1. The van der Waals surface area contributed by atoms with Crippen molar-refractivity contribution in [1.29, 1.82) is 0 Å². The maximum atomic E-state index is 12.5. The van der Waals surface area contributed by atoms with E-state index in [0.717, 1.165) is 22.6 Å². The summed E-state index contributed by atoms with van der Waals surface area (Å²) in [6, 6.07) is 11.3. The highest BCUT2D eigenvalue weighted by Gasteiger charge is 2.28. The van der Waals surface area contributed by atoms with Crippen molar-refractivity contribution in [3.8, 4) is 5.75 Å². The number of rotatable bonds is 2. The van der Waals surface area contributed by atoms with E-state index in [1.165, 1.54) is 11.3 Å². The van der Waals surface area contributed by atoms with Gasteiger partial charge in [0.05, 0.1) is 21.7 Å². The predicted molar refractivity (Wildman–Crippen MR) is 73.0 cm³/mol. The molecule has 1 unspecified atom stereocenters. The molecule has 1 aliphatic heterocycles. The Morgan fingerprint density at radius 1 is 1.28 bits per heavy atom. The van der Waals surface area contributed by atoms with Crippen molar-refractivity contribution in [2.45, 2.75) is 12.3 Å². The van der Waals surface area contributed by atoms with Crippen LogP contribution in [-0.4, -0.2) is 12.4 Å². The third-order valence-corrected chi connectivity index (χ3v) is 4.34. The highest BCUT2D eigenvalue weighted by atomic mass is 35.5. The molecule has 1 aromatic heterocycles. The summed E-state index contributed by atoms with van der Waals surface area (Å²) in [4.78, 5) is 13.2. The molecular weight excluding hydrogens is 268 g/mol. The van der Waals surface area contributed by atoms with E-state index in [0.29, 0.717) is 10.9 Å². The number of Topliss-reactive ketones (excluding diaryl/α,β-unsaturated/α-hetero) is 1. The molecule has 1 atom stereocenters. The Balaban J connectivity index is 1.96. The number of ketones is 1. The minimum Gasteiger partial charge on any atom is -0.493 e. The first-order chi connectivity index (χ1) is 8.75. The van der Waals surface area contributed by atoms with Gasteiger partial charge >= 0.3 is 0 Å². The number of para-hydroxylation sites is 1. The van der Waals surface area contributed by atoms with Gasteiger partial charge < -0.3 is 4.74 Å². The Kier molecular flexibility index (Phi) is 3.10. The van der Waals surface area contributed by atoms with Crippen LogP contribution in [0.3, 0.4) is 0 Å². The predicted octanol–water partition coefficient (Wildman–Crippen LogP) is 4.15. The van der Waals surface area contributed by atoms with E-state index < -0.39 is 0 Å². The van der Waals surface area contributed by atoms with Crippen LogP contribution in [0, 0.1) is 0 Å². The normalized spacial score (nSPS) is 17.9. The molecular formula is C14H11ClO2S. The molecule has 0 radical (unpaired) electrons. The molecule has 2 heterocycles. The van der Waals surface area contributed by atoms with Gasteiger partial charge in [-0.1, -0.05) is 29.8 Å². The molecule has 2 nitrogen and oxygen atoms in total. The molecule has 0 N–H and O–H groups in total. The Bertz CT molecular complexity index is 591. The molecule has 0 bridgehead atoms. The highest BCUT2D eigenvalue weighted by molar-refractivity contribution is 7.18. The quantitative estimate of drug-likeness (QED) is 0.772. The summed E-state index contributed by atoms with van der Waals surface area (Å²) in [6.07, 6.45) is 0.728. The number of carbonyl (C=O) groups is 1. The second kappa shape index (κ2) is 4.75. The Morgan fingerprint density at radius 3 is 2.89 bits per heavy atom. The first-order valence-electron chi connectivity index (χ1n) is 5.77. The van der Waals surface area contributed by atoms with Gasteiger partial charge in [-0.2, -0.15) is 0 Å². The molecule has 2 aromatic rings.